The highest BCUT2D eigenvalue weighted by Crippen LogP contribution is 2.30. The largest absolute Gasteiger partial charge is 0.333 e. The normalized spacial score (nSPS) is 16.8. The minimum atomic E-state index is 0.169. The summed E-state index contributed by atoms with van der Waals surface area (Å²) in [6.45, 7) is 0.636. The molecular formula is C21H26ClN3O. The zero-order valence-electron chi connectivity index (χ0n) is 15.4. The number of fused-ring (bicyclic) bond motifs is 1. The summed E-state index contributed by atoms with van der Waals surface area (Å²) in [4.78, 5) is 15.3. The molecule has 5 heteroatoms. The molecular weight excluding hydrogens is 346 g/mol. The van der Waals surface area contributed by atoms with Crippen LogP contribution in [0, 0.1) is 0 Å². The van der Waals surface area contributed by atoms with Gasteiger partial charge in [0.25, 0.3) is 0 Å². The van der Waals surface area contributed by atoms with Crippen molar-refractivity contribution in [2.24, 2.45) is 7.05 Å². The van der Waals surface area contributed by atoms with Crippen LogP contribution in [0.4, 0.5) is 0 Å². The first-order valence-corrected chi connectivity index (χ1v) is 10.1. The van der Waals surface area contributed by atoms with Crippen LogP contribution >= 0.6 is 11.6 Å². The van der Waals surface area contributed by atoms with E-state index < -0.39 is 0 Å². The van der Waals surface area contributed by atoms with E-state index in [-0.39, 0.29) is 5.91 Å². The van der Waals surface area contributed by atoms with Gasteiger partial charge < -0.3 is 4.90 Å². The molecule has 2 aliphatic rings. The molecule has 0 unspecified atom stereocenters. The van der Waals surface area contributed by atoms with Crippen molar-refractivity contribution < 1.29 is 4.79 Å². The Morgan fingerprint density at radius 2 is 2.00 bits per heavy atom. The number of benzene rings is 1. The lowest BCUT2D eigenvalue weighted by Crippen LogP contribution is -2.39. The van der Waals surface area contributed by atoms with Crippen LogP contribution in [0.5, 0.6) is 0 Å². The van der Waals surface area contributed by atoms with E-state index in [2.05, 4.69) is 4.90 Å². The van der Waals surface area contributed by atoms with Crippen molar-refractivity contribution in [2.45, 2.75) is 64.0 Å². The number of hydrogen-bond donors (Lipinski definition) is 0. The van der Waals surface area contributed by atoms with E-state index in [1.165, 1.54) is 30.5 Å². The van der Waals surface area contributed by atoms with Gasteiger partial charge in [0, 0.05) is 23.8 Å². The first-order chi connectivity index (χ1) is 12.6. The van der Waals surface area contributed by atoms with E-state index in [4.69, 9.17) is 16.7 Å². The van der Waals surface area contributed by atoms with Crippen LogP contribution in [-0.4, -0.2) is 26.6 Å². The Morgan fingerprint density at radius 3 is 2.77 bits per heavy atom. The number of carbonyl (C=O) groups excluding carboxylic acids is 1. The highest BCUT2D eigenvalue weighted by molar-refractivity contribution is 6.31. The number of amides is 1. The fourth-order valence-corrected chi connectivity index (χ4v) is 4.73. The van der Waals surface area contributed by atoms with E-state index in [1.54, 1.807) is 0 Å². The van der Waals surface area contributed by atoms with E-state index in [0.717, 1.165) is 36.9 Å². The third kappa shape index (κ3) is 3.39. The first-order valence-electron chi connectivity index (χ1n) is 9.70. The molecule has 1 fully saturated rings. The van der Waals surface area contributed by atoms with Gasteiger partial charge in [0.15, 0.2) is 0 Å². The monoisotopic (exact) mass is 371 g/mol. The van der Waals surface area contributed by atoms with Crippen LogP contribution in [0.1, 0.15) is 54.6 Å². The van der Waals surface area contributed by atoms with Crippen molar-refractivity contribution in [3.63, 3.8) is 0 Å². The number of nitrogens with zero attached hydrogens (tertiary/aromatic N) is 3. The van der Waals surface area contributed by atoms with Gasteiger partial charge in [-0.15, -0.1) is 0 Å². The third-order valence-electron chi connectivity index (χ3n) is 5.90. The summed E-state index contributed by atoms with van der Waals surface area (Å²) in [6, 6.07) is 7.99. The van der Waals surface area contributed by atoms with Crippen molar-refractivity contribution >= 4 is 17.5 Å². The number of rotatable bonds is 5. The lowest BCUT2D eigenvalue weighted by atomic mass is 10.1. The van der Waals surface area contributed by atoms with Crippen molar-refractivity contribution in [2.75, 3.05) is 0 Å². The lowest BCUT2D eigenvalue weighted by molar-refractivity contribution is -0.133. The second-order valence-electron chi connectivity index (χ2n) is 7.58. The number of aryl methyl sites for hydroxylation is 1. The summed E-state index contributed by atoms with van der Waals surface area (Å²) in [5, 5.41) is 5.42. The topological polar surface area (TPSA) is 38.1 Å². The summed E-state index contributed by atoms with van der Waals surface area (Å²) < 4.78 is 2.02. The average Bonchev–Trinajstić information content (AvgIpc) is 3.35. The lowest BCUT2D eigenvalue weighted by Gasteiger charge is -2.29. The van der Waals surface area contributed by atoms with Gasteiger partial charge in [-0.3, -0.25) is 9.48 Å². The highest BCUT2D eigenvalue weighted by atomic mass is 35.5. The molecule has 0 saturated heterocycles. The van der Waals surface area contributed by atoms with Crippen molar-refractivity contribution in [1.82, 2.24) is 14.7 Å². The molecule has 0 aliphatic heterocycles. The molecule has 138 valence electrons. The Morgan fingerprint density at radius 1 is 1.23 bits per heavy atom. The van der Waals surface area contributed by atoms with Crippen LogP contribution in [0.3, 0.4) is 0 Å². The van der Waals surface area contributed by atoms with Gasteiger partial charge in [-0.2, -0.15) is 5.10 Å². The summed E-state index contributed by atoms with van der Waals surface area (Å²) in [6.07, 6.45) is 8.38. The zero-order chi connectivity index (χ0) is 18.1. The van der Waals surface area contributed by atoms with E-state index in [1.807, 2.05) is 36.0 Å². The highest BCUT2D eigenvalue weighted by Gasteiger charge is 2.30. The van der Waals surface area contributed by atoms with E-state index in [0.29, 0.717) is 24.0 Å². The molecule has 4 rings (SSSR count). The molecule has 0 bridgehead atoms. The Hall–Kier alpha value is -1.81. The standard InChI is InChI=1S/C21H26ClN3O/c1-24-20-12-6-10-17(20)19(23-24)14-25(16-8-3-4-9-16)21(26)13-15-7-2-5-11-18(15)22/h2,5,7,11,16H,3-4,6,8-10,12-14H2,1H3. The molecule has 0 radical (unpaired) electrons. The predicted octanol–water partition coefficient (Wildman–Crippen LogP) is 4.08. The SMILES string of the molecule is Cn1nc(CN(C(=O)Cc2ccccc2Cl)C2CCCC2)c2c1CCC2. The van der Waals surface area contributed by atoms with Gasteiger partial charge in [0.1, 0.15) is 0 Å². The molecule has 0 N–H and O–H groups in total. The van der Waals surface area contributed by atoms with Gasteiger partial charge in [-0.1, -0.05) is 42.6 Å². The van der Waals surface area contributed by atoms with Gasteiger partial charge in [-0.05, 0) is 49.3 Å². The Labute approximate surface area is 160 Å². The molecule has 1 saturated carbocycles. The summed E-state index contributed by atoms with van der Waals surface area (Å²) >= 11 is 6.29. The summed E-state index contributed by atoms with van der Waals surface area (Å²) in [5.74, 6) is 0.169. The number of hydrogen-bond acceptors (Lipinski definition) is 2. The fourth-order valence-electron chi connectivity index (χ4n) is 4.53. The predicted molar refractivity (Wildman–Crippen MR) is 103 cm³/mol. The van der Waals surface area contributed by atoms with Gasteiger partial charge in [0.05, 0.1) is 18.7 Å². The minimum absolute atomic E-state index is 0.169. The maximum atomic E-state index is 13.2. The van der Waals surface area contributed by atoms with Crippen molar-refractivity contribution in [3.8, 4) is 0 Å². The van der Waals surface area contributed by atoms with Crippen molar-refractivity contribution in [1.29, 1.82) is 0 Å². The quantitative estimate of drug-likeness (QED) is 0.794. The zero-order valence-corrected chi connectivity index (χ0v) is 16.1. The Kier molecular flexibility index (Phi) is 5.03. The molecule has 1 amide bonds. The maximum absolute atomic E-state index is 13.2. The van der Waals surface area contributed by atoms with Crippen LogP contribution in [-0.2, 0) is 37.6 Å². The van der Waals surface area contributed by atoms with Crippen LogP contribution in [0.25, 0.3) is 0 Å². The molecule has 1 aromatic carbocycles. The van der Waals surface area contributed by atoms with Crippen LogP contribution < -0.4 is 0 Å². The van der Waals surface area contributed by atoms with E-state index >= 15 is 0 Å². The average molecular weight is 372 g/mol. The number of aromatic nitrogens is 2. The molecule has 1 heterocycles. The fraction of sp³-hybridized carbons (Fsp3) is 0.524. The van der Waals surface area contributed by atoms with E-state index in [9.17, 15) is 4.79 Å². The molecule has 2 aromatic rings. The molecule has 4 nitrogen and oxygen atoms in total. The van der Waals surface area contributed by atoms with Crippen molar-refractivity contribution in [3.05, 3.63) is 51.8 Å². The summed E-state index contributed by atoms with van der Waals surface area (Å²) in [5.41, 5.74) is 4.73. The van der Waals surface area contributed by atoms with Gasteiger partial charge in [-0.25, -0.2) is 0 Å². The molecule has 0 spiro atoms. The van der Waals surface area contributed by atoms with Gasteiger partial charge in [0.2, 0.25) is 5.91 Å². The Bertz CT molecular complexity index is 808. The number of carbonyl (C=O) groups is 1. The first kappa shape index (κ1) is 17.6. The molecule has 2 aliphatic carbocycles. The maximum Gasteiger partial charge on any atom is 0.227 e. The van der Waals surface area contributed by atoms with Gasteiger partial charge >= 0.3 is 0 Å². The third-order valence-corrected chi connectivity index (χ3v) is 6.27. The Balaban J connectivity index is 1.57. The molecule has 1 aromatic heterocycles. The molecule has 26 heavy (non-hydrogen) atoms. The van der Waals surface area contributed by atoms with Crippen LogP contribution in [0.15, 0.2) is 24.3 Å². The minimum Gasteiger partial charge on any atom is -0.333 e. The smallest absolute Gasteiger partial charge is 0.227 e. The van der Waals surface area contributed by atoms with Crippen LogP contribution in [0.2, 0.25) is 5.02 Å². The second kappa shape index (κ2) is 7.43. The summed E-state index contributed by atoms with van der Waals surface area (Å²) in [7, 11) is 2.03. The second-order valence-corrected chi connectivity index (χ2v) is 7.98. The molecule has 0 atom stereocenters. The number of halogens is 1.